The average molecular weight is 290 g/mol. The Hall–Kier alpha value is -1.95. The molecule has 6 heteroatoms. The lowest BCUT2D eigenvalue weighted by Gasteiger charge is -2.21. The van der Waals surface area contributed by atoms with Gasteiger partial charge in [-0.2, -0.15) is 4.98 Å². The monoisotopic (exact) mass is 290 g/mol. The van der Waals surface area contributed by atoms with Gasteiger partial charge < -0.3 is 14.6 Å². The predicted molar refractivity (Wildman–Crippen MR) is 78.9 cm³/mol. The van der Waals surface area contributed by atoms with Crippen LogP contribution in [-0.4, -0.2) is 20.7 Å². The lowest BCUT2D eigenvalue weighted by Crippen LogP contribution is -2.35. The van der Waals surface area contributed by atoms with Gasteiger partial charge in [0.25, 0.3) is 0 Å². The van der Waals surface area contributed by atoms with Crippen molar-refractivity contribution in [1.29, 1.82) is 0 Å². The fourth-order valence-electron chi connectivity index (χ4n) is 1.75. The number of ether oxygens (including phenoxy) is 1. The van der Waals surface area contributed by atoms with Crippen LogP contribution in [0.15, 0.2) is 16.7 Å². The van der Waals surface area contributed by atoms with Gasteiger partial charge in [0.15, 0.2) is 6.61 Å². The Bertz CT molecular complexity index is 602. The molecule has 0 aromatic carbocycles. The first-order chi connectivity index (χ1) is 9.83. The van der Waals surface area contributed by atoms with Crippen molar-refractivity contribution in [3.8, 4) is 5.75 Å². The van der Waals surface area contributed by atoms with Crippen molar-refractivity contribution in [2.45, 2.75) is 53.3 Å². The third-order valence-corrected chi connectivity index (χ3v) is 2.78. The molecular formula is C15H22N4O2. The maximum Gasteiger partial charge on any atom is 0.223 e. The summed E-state index contributed by atoms with van der Waals surface area (Å²) in [7, 11) is 0. The molecular weight excluding hydrogens is 268 g/mol. The molecule has 0 aliphatic carbocycles. The van der Waals surface area contributed by atoms with Crippen molar-refractivity contribution in [3.05, 3.63) is 35.2 Å². The largest absolute Gasteiger partial charge is 0.484 e. The highest BCUT2D eigenvalue weighted by Gasteiger charge is 2.13. The Morgan fingerprint density at radius 2 is 1.95 bits per heavy atom. The van der Waals surface area contributed by atoms with Gasteiger partial charge in [0.2, 0.25) is 11.7 Å². The zero-order chi connectivity index (χ0) is 15.5. The van der Waals surface area contributed by atoms with Crippen molar-refractivity contribution < 1.29 is 9.26 Å². The Balaban J connectivity index is 2.07. The molecule has 6 nitrogen and oxygen atoms in total. The van der Waals surface area contributed by atoms with Gasteiger partial charge in [-0.05, 0) is 39.8 Å². The van der Waals surface area contributed by atoms with Gasteiger partial charge in [0.1, 0.15) is 5.75 Å². The zero-order valence-electron chi connectivity index (χ0n) is 13.2. The van der Waals surface area contributed by atoms with E-state index in [0.717, 1.165) is 17.1 Å². The molecule has 2 rings (SSSR count). The minimum atomic E-state index is 0.0213. The van der Waals surface area contributed by atoms with Crippen LogP contribution < -0.4 is 10.1 Å². The maximum absolute atomic E-state index is 5.77. The molecule has 2 heterocycles. The number of nitrogens with one attached hydrogen (secondary N) is 1. The Morgan fingerprint density at radius 1 is 1.19 bits per heavy atom. The molecule has 2 aromatic rings. The van der Waals surface area contributed by atoms with E-state index in [-0.39, 0.29) is 12.1 Å². The van der Waals surface area contributed by atoms with E-state index in [1.807, 2.05) is 19.1 Å². The van der Waals surface area contributed by atoms with Crippen molar-refractivity contribution in [2.75, 3.05) is 0 Å². The van der Waals surface area contributed by atoms with Gasteiger partial charge in [0, 0.05) is 24.7 Å². The van der Waals surface area contributed by atoms with E-state index < -0.39 is 0 Å². The summed E-state index contributed by atoms with van der Waals surface area (Å²) in [5.74, 6) is 1.80. The number of hydrogen-bond donors (Lipinski definition) is 1. The SMILES string of the molecule is Cc1ccc(OCc2noc(C)n2)c(CNC(C)(C)C)n1. The van der Waals surface area contributed by atoms with Crippen molar-refractivity contribution in [1.82, 2.24) is 20.4 Å². The molecule has 0 spiro atoms. The van der Waals surface area contributed by atoms with E-state index in [2.05, 4.69) is 41.2 Å². The molecule has 0 saturated carbocycles. The summed E-state index contributed by atoms with van der Waals surface area (Å²) in [5.41, 5.74) is 1.86. The van der Waals surface area contributed by atoms with Crippen LogP contribution in [0.5, 0.6) is 5.75 Å². The lowest BCUT2D eigenvalue weighted by atomic mass is 10.1. The zero-order valence-corrected chi connectivity index (χ0v) is 13.2. The van der Waals surface area contributed by atoms with Gasteiger partial charge in [-0.3, -0.25) is 4.98 Å². The van der Waals surface area contributed by atoms with Gasteiger partial charge in [0.05, 0.1) is 5.69 Å². The van der Waals surface area contributed by atoms with Crippen molar-refractivity contribution in [3.63, 3.8) is 0 Å². The van der Waals surface area contributed by atoms with E-state index in [0.29, 0.717) is 18.3 Å². The van der Waals surface area contributed by atoms with Crippen LogP contribution in [0, 0.1) is 13.8 Å². The Kier molecular flexibility index (Phi) is 4.57. The molecule has 2 aromatic heterocycles. The number of rotatable bonds is 5. The summed E-state index contributed by atoms with van der Waals surface area (Å²) in [6.45, 7) is 11.0. The summed E-state index contributed by atoms with van der Waals surface area (Å²) >= 11 is 0. The highest BCUT2D eigenvalue weighted by atomic mass is 16.5. The summed E-state index contributed by atoms with van der Waals surface area (Å²) < 4.78 is 10.7. The molecule has 0 aliphatic rings. The quantitative estimate of drug-likeness (QED) is 0.912. The van der Waals surface area contributed by atoms with Gasteiger partial charge >= 0.3 is 0 Å². The topological polar surface area (TPSA) is 73.1 Å². The average Bonchev–Trinajstić information content (AvgIpc) is 2.80. The van der Waals surface area contributed by atoms with Crippen LogP contribution in [0.1, 0.15) is 43.9 Å². The fourth-order valence-corrected chi connectivity index (χ4v) is 1.75. The smallest absolute Gasteiger partial charge is 0.223 e. The highest BCUT2D eigenvalue weighted by Crippen LogP contribution is 2.19. The molecule has 0 fully saturated rings. The predicted octanol–water partition coefficient (Wildman–Crippen LogP) is 2.55. The standard InChI is InChI=1S/C15H22N4O2/c1-10-6-7-13(12(17-10)8-16-15(3,4)5)20-9-14-18-11(2)21-19-14/h6-7,16H,8-9H2,1-5H3. The first-order valence-corrected chi connectivity index (χ1v) is 6.97. The number of aryl methyl sites for hydroxylation is 2. The summed E-state index contributed by atoms with van der Waals surface area (Å²) in [6, 6.07) is 3.85. The van der Waals surface area contributed by atoms with Gasteiger partial charge in [-0.25, -0.2) is 0 Å². The summed E-state index contributed by atoms with van der Waals surface area (Å²) in [6.07, 6.45) is 0. The molecule has 0 bridgehead atoms. The van der Waals surface area contributed by atoms with Gasteiger partial charge in [-0.1, -0.05) is 5.16 Å². The van der Waals surface area contributed by atoms with E-state index in [4.69, 9.17) is 9.26 Å². The molecule has 0 amide bonds. The minimum Gasteiger partial charge on any atom is -0.484 e. The second-order valence-corrected chi connectivity index (χ2v) is 6.02. The van der Waals surface area contributed by atoms with E-state index in [1.165, 1.54) is 0 Å². The molecule has 0 radical (unpaired) electrons. The molecule has 0 unspecified atom stereocenters. The summed E-state index contributed by atoms with van der Waals surface area (Å²) in [5, 5.41) is 7.23. The summed E-state index contributed by atoms with van der Waals surface area (Å²) in [4.78, 5) is 8.66. The van der Waals surface area contributed by atoms with E-state index in [9.17, 15) is 0 Å². The molecule has 114 valence electrons. The highest BCUT2D eigenvalue weighted by molar-refractivity contribution is 5.29. The lowest BCUT2D eigenvalue weighted by molar-refractivity contribution is 0.279. The molecule has 0 aliphatic heterocycles. The van der Waals surface area contributed by atoms with Crippen LogP contribution in [-0.2, 0) is 13.2 Å². The van der Waals surface area contributed by atoms with Crippen LogP contribution in [0.3, 0.4) is 0 Å². The normalized spacial score (nSPS) is 11.7. The van der Waals surface area contributed by atoms with Crippen molar-refractivity contribution in [2.24, 2.45) is 0 Å². The van der Waals surface area contributed by atoms with E-state index >= 15 is 0 Å². The van der Waals surface area contributed by atoms with E-state index in [1.54, 1.807) is 6.92 Å². The molecule has 0 atom stereocenters. The second kappa shape index (κ2) is 6.22. The second-order valence-electron chi connectivity index (χ2n) is 6.02. The Morgan fingerprint density at radius 3 is 2.57 bits per heavy atom. The van der Waals surface area contributed by atoms with Crippen LogP contribution >= 0.6 is 0 Å². The molecule has 21 heavy (non-hydrogen) atoms. The molecule has 1 N–H and O–H groups in total. The first kappa shape index (κ1) is 15.4. The number of nitrogens with zero attached hydrogens (tertiary/aromatic N) is 3. The van der Waals surface area contributed by atoms with Crippen LogP contribution in [0.4, 0.5) is 0 Å². The third kappa shape index (κ3) is 4.82. The van der Waals surface area contributed by atoms with Crippen LogP contribution in [0.2, 0.25) is 0 Å². The number of hydrogen-bond acceptors (Lipinski definition) is 6. The fraction of sp³-hybridized carbons (Fsp3) is 0.533. The number of aromatic nitrogens is 3. The maximum atomic E-state index is 5.77. The third-order valence-electron chi connectivity index (χ3n) is 2.78. The number of pyridine rings is 1. The van der Waals surface area contributed by atoms with Crippen LogP contribution in [0.25, 0.3) is 0 Å². The van der Waals surface area contributed by atoms with Gasteiger partial charge in [-0.15, -0.1) is 0 Å². The molecule has 0 saturated heterocycles. The first-order valence-electron chi connectivity index (χ1n) is 6.97. The Labute approximate surface area is 124 Å². The minimum absolute atomic E-state index is 0.0213. The van der Waals surface area contributed by atoms with Crippen molar-refractivity contribution >= 4 is 0 Å².